The fraction of sp³-hybridized carbons (Fsp3) is 1.00. The first-order valence-corrected chi connectivity index (χ1v) is 6.74. The monoisotopic (exact) mass is 258 g/mol. The van der Waals surface area contributed by atoms with Crippen LogP contribution in [0.4, 0.5) is 13.2 Å². The molecule has 0 radical (unpaired) electrons. The Morgan fingerprint density at radius 3 is 2.44 bits per heavy atom. The third kappa shape index (κ3) is 5.27. The molecule has 1 aliphatic rings. The van der Waals surface area contributed by atoms with Crippen molar-refractivity contribution in [3.63, 3.8) is 0 Å². The van der Waals surface area contributed by atoms with Gasteiger partial charge in [0, 0.05) is 48.0 Å². The highest BCUT2D eigenvalue weighted by molar-refractivity contribution is 7.85. The summed E-state index contributed by atoms with van der Waals surface area (Å²) < 4.78 is 46.7. The first kappa shape index (κ1) is 13.9. The smallest absolute Gasteiger partial charge is 0.307 e. The molecule has 0 aromatic heterocycles. The van der Waals surface area contributed by atoms with E-state index < -0.39 is 23.5 Å². The summed E-state index contributed by atoms with van der Waals surface area (Å²) in [6.45, 7) is 2.67. The maximum atomic E-state index is 11.9. The van der Waals surface area contributed by atoms with E-state index in [4.69, 9.17) is 0 Å². The van der Waals surface area contributed by atoms with Gasteiger partial charge in [0.15, 0.2) is 0 Å². The summed E-state index contributed by atoms with van der Waals surface area (Å²) in [6.07, 6.45) is -4.15. The van der Waals surface area contributed by atoms with Gasteiger partial charge < -0.3 is 5.32 Å². The zero-order valence-corrected chi connectivity index (χ0v) is 10.0. The highest BCUT2D eigenvalue weighted by Gasteiger charge is 2.27. The molecule has 1 unspecified atom stereocenters. The van der Waals surface area contributed by atoms with Gasteiger partial charge in [-0.3, -0.25) is 9.11 Å². The van der Waals surface area contributed by atoms with Crippen molar-refractivity contribution >= 4 is 10.8 Å². The number of halogens is 3. The molecule has 0 aliphatic carbocycles. The van der Waals surface area contributed by atoms with Crippen LogP contribution in [-0.2, 0) is 10.8 Å². The molecule has 1 N–H and O–H groups in total. The molecule has 0 aromatic rings. The van der Waals surface area contributed by atoms with Gasteiger partial charge >= 0.3 is 6.18 Å². The zero-order valence-electron chi connectivity index (χ0n) is 9.22. The topological polar surface area (TPSA) is 32.3 Å². The van der Waals surface area contributed by atoms with Gasteiger partial charge in [-0.1, -0.05) is 0 Å². The lowest BCUT2D eigenvalue weighted by Crippen LogP contribution is -2.48. The van der Waals surface area contributed by atoms with E-state index in [0.29, 0.717) is 31.1 Å². The highest BCUT2D eigenvalue weighted by atomic mass is 32.2. The molecule has 0 bridgehead atoms. The third-order valence-corrected chi connectivity index (χ3v) is 3.88. The number of nitrogens with zero attached hydrogens (tertiary/aromatic N) is 1. The fourth-order valence-electron chi connectivity index (χ4n) is 1.64. The Morgan fingerprint density at radius 1 is 1.38 bits per heavy atom. The van der Waals surface area contributed by atoms with Gasteiger partial charge in [-0.05, 0) is 6.92 Å². The van der Waals surface area contributed by atoms with Crippen LogP contribution in [0.25, 0.3) is 0 Å². The predicted octanol–water partition coefficient (Wildman–Crippen LogP) is 0.591. The lowest BCUT2D eigenvalue weighted by Gasteiger charge is -2.32. The van der Waals surface area contributed by atoms with Crippen LogP contribution in [0.1, 0.15) is 6.92 Å². The molecule has 0 aromatic carbocycles. The minimum absolute atomic E-state index is 0.0552. The molecule has 1 heterocycles. The van der Waals surface area contributed by atoms with Crippen molar-refractivity contribution in [1.82, 2.24) is 10.2 Å². The van der Waals surface area contributed by atoms with Crippen molar-refractivity contribution < 1.29 is 17.4 Å². The Bertz CT molecular complexity index is 237. The van der Waals surface area contributed by atoms with Gasteiger partial charge in [0.1, 0.15) is 0 Å². The highest BCUT2D eigenvalue weighted by Crippen LogP contribution is 2.12. The molecule has 0 saturated carbocycles. The lowest BCUT2D eigenvalue weighted by molar-refractivity contribution is -0.125. The van der Waals surface area contributed by atoms with E-state index in [1.165, 1.54) is 0 Å². The summed E-state index contributed by atoms with van der Waals surface area (Å²) in [5, 5.41) is 2.39. The van der Waals surface area contributed by atoms with Gasteiger partial charge in [0.25, 0.3) is 0 Å². The van der Waals surface area contributed by atoms with E-state index in [0.717, 1.165) is 0 Å². The van der Waals surface area contributed by atoms with E-state index in [9.17, 15) is 17.4 Å². The van der Waals surface area contributed by atoms with Crippen molar-refractivity contribution in [3.05, 3.63) is 0 Å². The van der Waals surface area contributed by atoms with Crippen LogP contribution >= 0.6 is 0 Å². The number of hydrogen-bond donors (Lipinski definition) is 1. The Hall–Kier alpha value is -0.140. The Balaban J connectivity index is 2.20. The molecule has 0 amide bonds. The van der Waals surface area contributed by atoms with Crippen molar-refractivity contribution in [1.29, 1.82) is 0 Å². The van der Waals surface area contributed by atoms with Crippen molar-refractivity contribution in [3.8, 4) is 0 Å². The normalized spacial score (nSPS) is 22.2. The van der Waals surface area contributed by atoms with Crippen LogP contribution in [0.15, 0.2) is 0 Å². The lowest BCUT2D eigenvalue weighted by atomic mass is 10.2. The van der Waals surface area contributed by atoms with Gasteiger partial charge in [0.05, 0.1) is 6.54 Å². The summed E-state index contributed by atoms with van der Waals surface area (Å²) in [7, 11) is -0.739. The summed E-state index contributed by atoms with van der Waals surface area (Å²) in [6, 6.07) is 0.0552. The van der Waals surface area contributed by atoms with Crippen molar-refractivity contribution in [2.24, 2.45) is 0 Å². The first-order valence-electron chi connectivity index (χ1n) is 5.25. The van der Waals surface area contributed by atoms with Crippen LogP contribution in [0.2, 0.25) is 0 Å². The number of rotatable bonds is 4. The summed E-state index contributed by atoms with van der Waals surface area (Å²) >= 11 is 0. The van der Waals surface area contributed by atoms with Crippen LogP contribution in [-0.4, -0.2) is 59.0 Å². The van der Waals surface area contributed by atoms with Crippen LogP contribution < -0.4 is 5.32 Å². The van der Waals surface area contributed by atoms with E-state index in [-0.39, 0.29) is 6.04 Å². The Morgan fingerprint density at radius 2 is 1.94 bits per heavy atom. The molecule has 1 aliphatic heterocycles. The van der Waals surface area contributed by atoms with E-state index in [1.54, 1.807) is 0 Å². The molecule has 96 valence electrons. The van der Waals surface area contributed by atoms with E-state index in [1.807, 2.05) is 6.92 Å². The second-order valence-electron chi connectivity index (χ2n) is 3.98. The SMILES string of the molecule is CC(CNCC(F)(F)F)N1CCS(=O)CC1. The fourth-order valence-corrected chi connectivity index (χ4v) is 2.73. The average molecular weight is 258 g/mol. The number of alkyl halides is 3. The molecule has 0 spiro atoms. The molecule has 7 heteroatoms. The maximum Gasteiger partial charge on any atom is 0.401 e. The largest absolute Gasteiger partial charge is 0.401 e. The van der Waals surface area contributed by atoms with Gasteiger partial charge in [-0.15, -0.1) is 0 Å². The zero-order chi connectivity index (χ0) is 12.2. The quantitative estimate of drug-likeness (QED) is 0.801. The minimum atomic E-state index is -4.15. The summed E-state index contributed by atoms with van der Waals surface area (Å²) in [5.41, 5.74) is 0. The molecule has 1 rings (SSSR count). The van der Waals surface area contributed by atoms with Crippen LogP contribution in [0, 0.1) is 0 Å². The Kier molecular flexibility index (Phi) is 5.20. The third-order valence-electron chi connectivity index (χ3n) is 2.60. The van der Waals surface area contributed by atoms with Crippen LogP contribution in [0.5, 0.6) is 0 Å². The average Bonchev–Trinajstić information content (AvgIpc) is 2.16. The summed E-state index contributed by atoms with van der Waals surface area (Å²) in [5.74, 6) is 1.26. The van der Waals surface area contributed by atoms with Gasteiger partial charge in [0.2, 0.25) is 0 Å². The van der Waals surface area contributed by atoms with Crippen molar-refractivity contribution in [2.75, 3.05) is 37.7 Å². The molecule has 3 nitrogen and oxygen atoms in total. The molecular weight excluding hydrogens is 241 g/mol. The molecule has 16 heavy (non-hydrogen) atoms. The Labute approximate surface area is 95.8 Å². The van der Waals surface area contributed by atoms with Gasteiger partial charge in [-0.25, -0.2) is 0 Å². The predicted molar refractivity (Wildman–Crippen MR) is 57.8 cm³/mol. The number of nitrogens with one attached hydrogen (secondary N) is 1. The van der Waals surface area contributed by atoms with E-state index >= 15 is 0 Å². The molecule has 1 fully saturated rings. The second-order valence-corrected chi connectivity index (χ2v) is 5.68. The van der Waals surface area contributed by atoms with E-state index in [2.05, 4.69) is 10.2 Å². The number of hydrogen-bond acceptors (Lipinski definition) is 3. The second kappa shape index (κ2) is 5.97. The standard InChI is InChI=1S/C9H17F3N2OS/c1-8(6-13-7-9(10,11)12)14-2-4-16(15)5-3-14/h8,13H,2-7H2,1H3. The maximum absolute atomic E-state index is 11.9. The molecular formula is C9H17F3N2OS. The molecule has 1 saturated heterocycles. The van der Waals surface area contributed by atoms with Crippen LogP contribution in [0.3, 0.4) is 0 Å². The molecule has 1 atom stereocenters. The first-order chi connectivity index (χ1) is 7.38. The summed E-state index contributed by atoms with van der Waals surface area (Å²) in [4.78, 5) is 2.07. The van der Waals surface area contributed by atoms with Crippen molar-refractivity contribution in [2.45, 2.75) is 19.1 Å². The van der Waals surface area contributed by atoms with Gasteiger partial charge in [-0.2, -0.15) is 13.2 Å². The minimum Gasteiger partial charge on any atom is -0.307 e.